The molecule has 0 radical (unpaired) electrons. The number of rotatable bonds is 7. The highest BCUT2D eigenvalue weighted by Crippen LogP contribution is 2.43. The maximum Gasteiger partial charge on any atom is 0.197 e. The van der Waals surface area contributed by atoms with Gasteiger partial charge in [0.2, 0.25) is 0 Å². The van der Waals surface area contributed by atoms with E-state index in [2.05, 4.69) is 251 Å². The number of anilines is 9. The van der Waals surface area contributed by atoms with Crippen LogP contribution in [-0.4, -0.2) is 7.28 Å². The molecule has 1 aliphatic heterocycles. The van der Waals surface area contributed by atoms with Crippen molar-refractivity contribution in [1.29, 1.82) is 0 Å². The van der Waals surface area contributed by atoms with E-state index in [1.165, 1.54) is 33.2 Å². The molecule has 0 aliphatic carbocycles. The van der Waals surface area contributed by atoms with Gasteiger partial charge in [0.1, 0.15) is 0 Å². The van der Waals surface area contributed by atoms with Crippen LogP contribution in [0.1, 0.15) is 0 Å². The average Bonchev–Trinajstić information content (AvgIpc) is 3.30. The Hall–Kier alpha value is -7.56. The van der Waals surface area contributed by atoms with Crippen LogP contribution in [0.15, 0.2) is 237 Å². The molecule has 1 heterocycles. The largest absolute Gasteiger partial charge is 0.311 e. The lowest BCUT2D eigenvalue weighted by atomic mass is 9.61. The highest BCUT2D eigenvalue weighted by molar-refractivity contribution is 6.70. The van der Waals surface area contributed by atoms with E-state index in [9.17, 15) is 0 Å². The zero-order valence-corrected chi connectivity index (χ0v) is 32.1. The Bertz CT molecular complexity index is 2750. The van der Waals surface area contributed by atoms with Crippen LogP contribution in [0.3, 0.4) is 0 Å². The highest BCUT2D eigenvalue weighted by atomic mass is 15.2. The predicted molar refractivity (Wildman–Crippen MR) is 248 cm³/mol. The van der Waals surface area contributed by atoms with E-state index < -0.39 is 0 Å². The highest BCUT2D eigenvalue weighted by Gasteiger charge is 2.26. The first kappa shape index (κ1) is 34.9. The molecule has 0 saturated carbocycles. The molecule has 9 aromatic rings. The van der Waals surface area contributed by atoms with Crippen molar-refractivity contribution in [2.24, 2.45) is 0 Å². The minimum absolute atomic E-state index is 0.717. The fourth-order valence-corrected chi connectivity index (χ4v) is 8.25. The lowest BCUT2D eigenvalue weighted by Crippen LogP contribution is -2.35. The zero-order valence-electron chi connectivity index (χ0n) is 32.1. The molecule has 9 aromatic carbocycles. The molecule has 4 heteroatoms. The van der Waals surface area contributed by atoms with E-state index >= 15 is 0 Å². The van der Waals surface area contributed by atoms with E-state index in [0.29, 0.717) is 7.28 Å². The van der Waals surface area contributed by atoms with Gasteiger partial charge in [-0.1, -0.05) is 163 Å². The number of hydrogen-bond donors (Lipinski definition) is 0. The Balaban J connectivity index is 1.21. The van der Waals surface area contributed by atoms with Gasteiger partial charge in [-0.05, 0) is 107 Å². The van der Waals surface area contributed by atoms with Crippen molar-refractivity contribution in [3.8, 4) is 22.3 Å². The molecule has 0 N–H and O–H groups in total. The molecule has 0 aromatic heterocycles. The molecule has 0 saturated heterocycles. The molecule has 274 valence electrons. The normalized spacial score (nSPS) is 11.9. The SMILES string of the molecule is B1c2cc(-c3ccccc3)ccc2N(c2ccc(-c3ccccc3)cc2)c2cccc(c2)N(c2ccccc2)c2cc(N(c3ccccc3)c3ccccc3)ccc21. The third-order valence-corrected chi connectivity index (χ3v) is 11.0. The van der Waals surface area contributed by atoms with Crippen molar-refractivity contribution in [3.05, 3.63) is 237 Å². The summed E-state index contributed by atoms with van der Waals surface area (Å²) in [6.07, 6.45) is 0. The molecule has 0 unspecified atom stereocenters. The Labute approximate surface area is 341 Å². The molecule has 1 aliphatic rings. The standard InChI is InChI=1S/C54H40BN3/c1-6-17-40(18-7-1)42-29-32-47(33-30-42)57-48-27-16-28-49(38-48)58(46-25-14-5-15-26-46)54-39-50(56(44-21-10-3-11-22-44)45-23-12-4-13-24-45)34-35-51(54)55-52-37-43(31-36-53(52)57)41-19-8-2-9-20-41/h1-39,55H. The second-order valence-electron chi connectivity index (χ2n) is 14.6. The Kier molecular flexibility index (Phi) is 9.34. The first-order valence-corrected chi connectivity index (χ1v) is 19.9. The van der Waals surface area contributed by atoms with Gasteiger partial charge in [-0.3, -0.25) is 0 Å². The van der Waals surface area contributed by atoms with Gasteiger partial charge in [0, 0.05) is 51.2 Å². The molecule has 0 spiro atoms. The second kappa shape index (κ2) is 15.5. The summed E-state index contributed by atoms with van der Waals surface area (Å²) in [5, 5.41) is 0. The van der Waals surface area contributed by atoms with Crippen molar-refractivity contribution in [3.63, 3.8) is 0 Å². The van der Waals surface area contributed by atoms with Gasteiger partial charge in [-0.2, -0.15) is 0 Å². The summed E-state index contributed by atoms with van der Waals surface area (Å²) in [6, 6.07) is 85.3. The van der Waals surface area contributed by atoms with E-state index in [4.69, 9.17) is 0 Å². The Morgan fingerprint density at radius 3 is 1.34 bits per heavy atom. The molecule has 0 amide bonds. The average molecular weight is 742 g/mol. The molecule has 0 atom stereocenters. The van der Waals surface area contributed by atoms with Gasteiger partial charge in [-0.15, -0.1) is 0 Å². The van der Waals surface area contributed by atoms with Crippen molar-refractivity contribution in [2.45, 2.75) is 0 Å². The second-order valence-corrected chi connectivity index (χ2v) is 14.6. The van der Waals surface area contributed by atoms with Crippen LogP contribution < -0.4 is 25.6 Å². The van der Waals surface area contributed by atoms with Crippen LogP contribution in [0.25, 0.3) is 22.3 Å². The number of para-hydroxylation sites is 3. The summed E-state index contributed by atoms with van der Waals surface area (Å²) >= 11 is 0. The van der Waals surface area contributed by atoms with E-state index in [0.717, 1.165) is 51.2 Å². The van der Waals surface area contributed by atoms with E-state index in [1.54, 1.807) is 0 Å². The maximum absolute atomic E-state index is 2.43. The van der Waals surface area contributed by atoms with Crippen LogP contribution in [0, 0.1) is 0 Å². The molecule has 10 rings (SSSR count). The van der Waals surface area contributed by atoms with Crippen LogP contribution >= 0.6 is 0 Å². The van der Waals surface area contributed by atoms with Crippen molar-refractivity contribution in [2.75, 3.05) is 14.7 Å². The molecule has 2 bridgehead atoms. The number of hydrogen-bond acceptors (Lipinski definition) is 3. The molecule has 58 heavy (non-hydrogen) atoms. The molecular weight excluding hydrogens is 701 g/mol. The minimum atomic E-state index is 0.717. The fourth-order valence-electron chi connectivity index (χ4n) is 8.25. The summed E-state index contributed by atoms with van der Waals surface area (Å²) in [6.45, 7) is 0. The van der Waals surface area contributed by atoms with Crippen molar-refractivity contribution in [1.82, 2.24) is 0 Å². The van der Waals surface area contributed by atoms with Gasteiger partial charge in [0.15, 0.2) is 7.28 Å². The van der Waals surface area contributed by atoms with Gasteiger partial charge in [0.25, 0.3) is 0 Å². The summed E-state index contributed by atoms with van der Waals surface area (Å²) in [5.74, 6) is 0. The zero-order chi connectivity index (χ0) is 38.7. The predicted octanol–water partition coefficient (Wildman–Crippen LogP) is 13.1. The lowest BCUT2D eigenvalue weighted by Gasteiger charge is -2.34. The van der Waals surface area contributed by atoms with Crippen LogP contribution in [0.4, 0.5) is 51.2 Å². The monoisotopic (exact) mass is 741 g/mol. The van der Waals surface area contributed by atoms with Crippen LogP contribution in [0.2, 0.25) is 0 Å². The lowest BCUT2D eigenvalue weighted by molar-refractivity contribution is 1.24. The number of nitrogens with zero attached hydrogens (tertiary/aromatic N) is 3. The maximum atomic E-state index is 2.43. The summed E-state index contributed by atoms with van der Waals surface area (Å²) in [4.78, 5) is 7.21. The van der Waals surface area contributed by atoms with Gasteiger partial charge < -0.3 is 14.7 Å². The van der Waals surface area contributed by atoms with Gasteiger partial charge in [0.05, 0.1) is 0 Å². The first-order valence-electron chi connectivity index (χ1n) is 19.9. The van der Waals surface area contributed by atoms with Crippen LogP contribution in [-0.2, 0) is 0 Å². The van der Waals surface area contributed by atoms with Crippen molar-refractivity contribution >= 4 is 69.4 Å². The van der Waals surface area contributed by atoms with Gasteiger partial charge >= 0.3 is 0 Å². The molecule has 3 nitrogen and oxygen atoms in total. The van der Waals surface area contributed by atoms with E-state index in [1.807, 2.05) is 0 Å². The summed E-state index contributed by atoms with van der Waals surface area (Å²) < 4.78 is 0. The first-order chi connectivity index (χ1) is 28.8. The van der Waals surface area contributed by atoms with Crippen LogP contribution in [0.5, 0.6) is 0 Å². The van der Waals surface area contributed by atoms with E-state index in [-0.39, 0.29) is 0 Å². The summed E-state index contributed by atoms with van der Waals surface area (Å²) in [7, 11) is 0.717. The smallest absolute Gasteiger partial charge is 0.197 e. The third-order valence-electron chi connectivity index (χ3n) is 11.0. The quantitative estimate of drug-likeness (QED) is 0.151. The number of fused-ring (bicyclic) bond motifs is 4. The molecular formula is C54H40BN3. The third kappa shape index (κ3) is 6.82. The topological polar surface area (TPSA) is 9.72 Å². The fraction of sp³-hybridized carbons (Fsp3) is 0. The van der Waals surface area contributed by atoms with Gasteiger partial charge in [-0.25, -0.2) is 0 Å². The van der Waals surface area contributed by atoms with Crippen molar-refractivity contribution < 1.29 is 0 Å². The summed E-state index contributed by atoms with van der Waals surface area (Å²) in [5.41, 5.74) is 17.2. The Morgan fingerprint density at radius 2 is 0.741 bits per heavy atom. The number of benzene rings is 9. The Morgan fingerprint density at radius 1 is 0.276 bits per heavy atom. The minimum Gasteiger partial charge on any atom is -0.311 e. The molecule has 0 fully saturated rings.